The first kappa shape index (κ1) is 21.1. The quantitative estimate of drug-likeness (QED) is 0.793. The maximum atomic E-state index is 13.1. The molecule has 9 heteroatoms. The normalized spacial score (nSPS) is 16.0. The standard InChI is InChI=1S/C18H19N5O2.2ClH/c24-16(12-22-10-8-19-9-11-22)23-15-6-2-1-4-13(15)18(25)21-14-5-3-7-20-17(14)23;;/h1-7,19H,8-12H2,(H,21,25);2*1H. The van der Waals surface area contributed by atoms with Crippen molar-refractivity contribution in [2.45, 2.75) is 0 Å². The SMILES string of the molecule is Cl.Cl.O=C1Nc2cccnc2N(C(=O)CN2CCNCC2)c2ccccc21. The van der Waals surface area contributed by atoms with Crippen LogP contribution in [-0.2, 0) is 4.79 Å². The van der Waals surface area contributed by atoms with Crippen LogP contribution in [0.25, 0.3) is 0 Å². The van der Waals surface area contributed by atoms with Crippen LogP contribution in [0.4, 0.5) is 17.2 Å². The largest absolute Gasteiger partial charge is 0.319 e. The molecule has 2 N–H and O–H groups in total. The first-order chi connectivity index (χ1) is 12.2. The average Bonchev–Trinajstić information content (AvgIpc) is 2.76. The fourth-order valence-electron chi connectivity index (χ4n) is 3.22. The van der Waals surface area contributed by atoms with Gasteiger partial charge in [0, 0.05) is 32.4 Å². The fraction of sp³-hybridized carbons (Fsp3) is 0.278. The summed E-state index contributed by atoms with van der Waals surface area (Å²) >= 11 is 0. The summed E-state index contributed by atoms with van der Waals surface area (Å²) in [5.74, 6) is 0.133. The number of nitrogens with zero attached hydrogens (tertiary/aromatic N) is 3. The molecule has 3 heterocycles. The molecule has 1 saturated heterocycles. The Morgan fingerprint density at radius 2 is 1.81 bits per heavy atom. The maximum absolute atomic E-state index is 13.1. The third-order valence-corrected chi connectivity index (χ3v) is 4.45. The maximum Gasteiger partial charge on any atom is 0.257 e. The van der Waals surface area contributed by atoms with Gasteiger partial charge in [-0.1, -0.05) is 12.1 Å². The molecule has 2 aliphatic heterocycles. The number of halogens is 2. The van der Waals surface area contributed by atoms with Gasteiger partial charge in [0.05, 0.1) is 23.5 Å². The highest BCUT2D eigenvalue weighted by Gasteiger charge is 2.31. The van der Waals surface area contributed by atoms with Crippen LogP contribution in [-0.4, -0.2) is 54.4 Å². The lowest BCUT2D eigenvalue weighted by molar-refractivity contribution is -0.119. The number of aromatic nitrogens is 1. The molecular formula is C18H21Cl2N5O2. The minimum atomic E-state index is -0.234. The van der Waals surface area contributed by atoms with Gasteiger partial charge in [0.2, 0.25) is 5.91 Å². The van der Waals surface area contributed by atoms with Gasteiger partial charge in [-0.2, -0.15) is 0 Å². The van der Waals surface area contributed by atoms with Crippen molar-refractivity contribution >= 4 is 53.8 Å². The Morgan fingerprint density at radius 1 is 1.07 bits per heavy atom. The van der Waals surface area contributed by atoms with Gasteiger partial charge in [-0.25, -0.2) is 4.98 Å². The summed E-state index contributed by atoms with van der Waals surface area (Å²) in [6, 6.07) is 10.6. The van der Waals surface area contributed by atoms with Gasteiger partial charge in [0.25, 0.3) is 5.91 Å². The molecule has 2 amide bonds. The highest BCUT2D eigenvalue weighted by molar-refractivity contribution is 6.17. The predicted octanol–water partition coefficient (Wildman–Crippen LogP) is 2.06. The van der Waals surface area contributed by atoms with E-state index in [1.54, 1.807) is 41.4 Å². The second-order valence-electron chi connectivity index (χ2n) is 6.10. The monoisotopic (exact) mass is 409 g/mol. The summed E-state index contributed by atoms with van der Waals surface area (Å²) < 4.78 is 0. The first-order valence-corrected chi connectivity index (χ1v) is 8.35. The molecule has 27 heavy (non-hydrogen) atoms. The van der Waals surface area contributed by atoms with E-state index in [4.69, 9.17) is 0 Å². The number of hydrogen-bond acceptors (Lipinski definition) is 5. The number of anilines is 3. The predicted molar refractivity (Wildman–Crippen MR) is 110 cm³/mol. The van der Waals surface area contributed by atoms with Crippen molar-refractivity contribution in [2.75, 3.05) is 42.9 Å². The molecule has 0 bridgehead atoms. The number of benzene rings is 1. The van der Waals surface area contributed by atoms with Crippen LogP contribution >= 0.6 is 24.8 Å². The summed E-state index contributed by atoms with van der Waals surface area (Å²) in [5.41, 5.74) is 1.57. The Kier molecular flexibility index (Phi) is 7.15. The molecule has 2 aromatic rings. The number of carbonyl (C=O) groups excluding carboxylic acids is 2. The molecule has 0 unspecified atom stereocenters. The molecule has 0 aliphatic carbocycles. The van der Waals surface area contributed by atoms with E-state index in [0.717, 1.165) is 26.2 Å². The number of amides is 2. The Hall–Kier alpha value is -2.19. The van der Waals surface area contributed by atoms with E-state index in [2.05, 4.69) is 20.5 Å². The van der Waals surface area contributed by atoms with Crippen molar-refractivity contribution in [2.24, 2.45) is 0 Å². The van der Waals surface area contributed by atoms with Crippen LogP contribution in [0.5, 0.6) is 0 Å². The molecule has 1 aromatic carbocycles. The number of fused-ring (bicyclic) bond motifs is 2. The van der Waals surface area contributed by atoms with E-state index < -0.39 is 0 Å². The molecule has 2 aliphatic rings. The smallest absolute Gasteiger partial charge is 0.257 e. The van der Waals surface area contributed by atoms with Crippen molar-refractivity contribution in [1.29, 1.82) is 0 Å². The van der Waals surface area contributed by atoms with Crippen LogP contribution in [0, 0.1) is 0 Å². The van der Waals surface area contributed by atoms with Gasteiger partial charge in [0.1, 0.15) is 0 Å². The summed E-state index contributed by atoms with van der Waals surface area (Å²) in [4.78, 5) is 33.7. The van der Waals surface area contributed by atoms with Crippen LogP contribution in [0.3, 0.4) is 0 Å². The average molecular weight is 410 g/mol. The lowest BCUT2D eigenvalue weighted by atomic mass is 10.1. The highest BCUT2D eigenvalue weighted by atomic mass is 35.5. The van der Waals surface area contributed by atoms with Crippen molar-refractivity contribution in [3.63, 3.8) is 0 Å². The summed E-state index contributed by atoms with van der Waals surface area (Å²) in [6.07, 6.45) is 1.63. The van der Waals surface area contributed by atoms with E-state index in [0.29, 0.717) is 29.3 Å². The van der Waals surface area contributed by atoms with Crippen LogP contribution in [0.15, 0.2) is 42.6 Å². The molecule has 0 radical (unpaired) electrons. The fourth-order valence-corrected chi connectivity index (χ4v) is 3.22. The van der Waals surface area contributed by atoms with Gasteiger partial charge in [-0.15, -0.1) is 24.8 Å². The van der Waals surface area contributed by atoms with Gasteiger partial charge < -0.3 is 10.6 Å². The number of piperazine rings is 1. The molecule has 0 atom stereocenters. The Labute approximate surface area is 169 Å². The van der Waals surface area contributed by atoms with E-state index in [1.807, 2.05) is 6.07 Å². The van der Waals surface area contributed by atoms with Crippen molar-refractivity contribution < 1.29 is 9.59 Å². The molecule has 1 aromatic heterocycles. The number of para-hydroxylation sites is 1. The second kappa shape index (κ2) is 9.14. The first-order valence-electron chi connectivity index (χ1n) is 8.35. The second-order valence-corrected chi connectivity index (χ2v) is 6.10. The van der Waals surface area contributed by atoms with Crippen LogP contribution in [0.1, 0.15) is 10.4 Å². The van der Waals surface area contributed by atoms with E-state index in [-0.39, 0.29) is 36.6 Å². The van der Waals surface area contributed by atoms with Gasteiger partial charge in [0.15, 0.2) is 5.82 Å². The summed E-state index contributed by atoms with van der Waals surface area (Å²) in [7, 11) is 0. The van der Waals surface area contributed by atoms with Crippen molar-refractivity contribution in [3.8, 4) is 0 Å². The Bertz CT molecular complexity index is 827. The Morgan fingerprint density at radius 3 is 2.59 bits per heavy atom. The van der Waals surface area contributed by atoms with E-state index in [1.165, 1.54) is 0 Å². The number of rotatable bonds is 2. The molecular weight excluding hydrogens is 389 g/mol. The molecule has 144 valence electrons. The van der Waals surface area contributed by atoms with Crippen molar-refractivity contribution in [1.82, 2.24) is 15.2 Å². The topological polar surface area (TPSA) is 77.6 Å². The third kappa shape index (κ3) is 4.22. The zero-order valence-electron chi connectivity index (χ0n) is 14.6. The number of nitrogens with one attached hydrogen (secondary N) is 2. The van der Waals surface area contributed by atoms with E-state index in [9.17, 15) is 9.59 Å². The molecule has 1 fully saturated rings. The minimum absolute atomic E-state index is 0. The minimum Gasteiger partial charge on any atom is -0.319 e. The number of pyridine rings is 1. The van der Waals surface area contributed by atoms with E-state index >= 15 is 0 Å². The molecule has 0 saturated carbocycles. The van der Waals surface area contributed by atoms with Gasteiger partial charge in [-0.05, 0) is 24.3 Å². The lowest BCUT2D eigenvalue weighted by Crippen LogP contribution is -2.47. The zero-order valence-corrected chi connectivity index (χ0v) is 16.2. The van der Waals surface area contributed by atoms with Gasteiger partial charge in [-0.3, -0.25) is 19.4 Å². The van der Waals surface area contributed by atoms with Gasteiger partial charge >= 0.3 is 0 Å². The van der Waals surface area contributed by atoms with Crippen molar-refractivity contribution in [3.05, 3.63) is 48.2 Å². The van der Waals surface area contributed by atoms with Crippen LogP contribution in [0.2, 0.25) is 0 Å². The summed E-state index contributed by atoms with van der Waals surface area (Å²) in [6.45, 7) is 3.69. The summed E-state index contributed by atoms with van der Waals surface area (Å²) in [5, 5.41) is 6.13. The van der Waals surface area contributed by atoms with Crippen LogP contribution < -0.4 is 15.5 Å². The molecule has 4 rings (SSSR count). The molecule has 0 spiro atoms. The zero-order chi connectivity index (χ0) is 17.2. The number of hydrogen-bond donors (Lipinski definition) is 2. The third-order valence-electron chi connectivity index (χ3n) is 4.45. The lowest BCUT2D eigenvalue weighted by Gasteiger charge is -2.29. The Balaban J connectivity index is 0.00000131. The molecule has 7 nitrogen and oxygen atoms in total. The number of carbonyl (C=O) groups is 2. The highest BCUT2D eigenvalue weighted by Crippen LogP contribution is 2.36.